The fourth-order valence-electron chi connectivity index (χ4n) is 2.54. The summed E-state index contributed by atoms with van der Waals surface area (Å²) in [5.74, 6) is -1.67. The highest BCUT2D eigenvalue weighted by molar-refractivity contribution is 7.92. The molecule has 0 unspecified atom stereocenters. The summed E-state index contributed by atoms with van der Waals surface area (Å²) >= 11 is 0. The molecule has 1 fully saturated rings. The topological polar surface area (TPSA) is 102 Å². The first-order valence-electron chi connectivity index (χ1n) is 9.06. The average molecular weight is 420 g/mol. The second-order valence-electron chi connectivity index (χ2n) is 6.92. The van der Waals surface area contributed by atoms with Crippen molar-refractivity contribution in [1.29, 1.82) is 0 Å². The summed E-state index contributed by atoms with van der Waals surface area (Å²) in [7, 11) is -4.01. The molecule has 3 rings (SSSR count). The second-order valence-corrected chi connectivity index (χ2v) is 8.60. The van der Waals surface area contributed by atoms with Crippen LogP contribution < -0.4 is 10.0 Å². The Labute approximate surface area is 168 Å². The molecule has 2 aromatic rings. The lowest BCUT2D eigenvalue weighted by Crippen LogP contribution is -2.37. The van der Waals surface area contributed by atoms with Crippen LogP contribution in [0.5, 0.6) is 0 Å². The first-order chi connectivity index (χ1) is 13.7. The summed E-state index contributed by atoms with van der Waals surface area (Å²) in [5.41, 5.74) is 0.727. The molecule has 7 nitrogen and oxygen atoms in total. The molecule has 0 bridgehead atoms. The zero-order valence-electron chi connectivity index (χ0n) is 15.9. The van der Waals surface area contributed by atoms with Gasteiger partial charge in [0.2, 0.25) is 0 Å². The number of carbonyl (C=O) groups is 2. The number of aryl methyl sites for hydroxylation is 1. The van der Waals surface area contributed by atoms with Crippen molar-refractivity contribution in [2.24, 2.45) is 0 Å². The average Bonchev–Trinajstić information content (AvgIpc) is 3.47. The van der Waals surface area contributed by atoms with Crippen LogP contribution >= 0.6 is 0 Å². The normalized spacial score (nSPS) is 14.7. The van der Waals surface area contributed by atoms with Crippen LogP contribution in [0.1, 0.15) is 35.7 Å². The zero-order chi connectivity index (χ0) is 21.2. The van der Waals surface area contributed by atoms with E-state index in [1.807, 2.05) is 0 Å². The number of anilines is 1. The van der Waals surface area contributed by atoms with Gasteiger partial charge in [-0.3, -0.25) is 9.52 Å². The second kappa shape index (κ2) is 8.20. The smallest absolute Gasteiger partial charge is 0.339 e. The van der Waals surface area contributed by atoms with E-state index in [4.69, 9.17) is 4.74 Å². The van der Waals surface area contributed by atoms with E-state index in [-0.39, 0.29) is 28.1 Å². The molecular formula is C20H21FN2O5S. The highest BCUT2D eigenvalue weighted by Gasteiger charge is 2.28. The molecule has 0 spiro atoms. The van der Waals surface area contributed by atoms with Crippen LogP contribution in [0, 0.1) is 12.7 Å². The van der Waals surface area contributed by atoms with Crippen LogP contribution in [0.15, 0.2) is 47.4 Å². The number of ether oxygens (including phenoxy) is 1. The Kier molecular flexibility index (Phi) is 5.88. The largest absolute Gasteiger partial charge is 0.449 e. The summed E-state index contributed by atoms with van der Waals surface area (Å²) < 4.78 is 45.7. The molecule has 0 heterocycles. The van der Waals surface area contributed by atoms with Crippen LogP contribution in [0.2, 0.25) is 0 Å². The van der Waals surface area contributed by atoms with Crippen molar-refractivity contribution in [1.82, 2.24) is 5.32 Å². The SMILES string of the molecule is Cc1ccc(S(=O)(=O)Nc2ccc(F)cc2)cc1C(=O)O[C@@H](C)C(=O)NC1CC1. The Morgan fingerprint density at radius 2 is 1.79 bits per heavy atom. The molecule has 1 saturated carbocycles. The molecule has 154 valence electrons. The van der Waals surface area contributed by atoms with Gasteiger partial charge in [0.25, 0.3) is 15.9 Å². The summed E-state index contributed by atoms with van der Waals surface area (Å²) in [6, 6.07) is 8.98. The number of hydrogen-bond acceptors (Lipinski definition) is 5. The number of amides is 1. The molecule has 0 radical (unpaired) electrons. The van der Waals surface area contributed by atoms with E-state index in [9.17, 15) is 22.4 Å². The number of carbonyl (C=O) groups excluding carboxylic acids is 2. The van der Waals surface area contributed by atoms with E-state index in [0.717, 1.165) is 25.0 Å². The number of esters is 1. The molecule has 1 aliphatic carbocycles. The van der Waals surface area contributed by atoms with Gasteiger partial charge in [0.15, 0.2) is 6.10 Å². The number of sulfonamides is 1. The zero-order valence-corrected chi connectivity index (χ0v) is 16.8. The third-order valence-corrected chi connectivity index (χ3v) is 5.79. The van der Waals surface area contributed by atoms with Gasteiger partial charge in [-0.2, -0.15) is 0 Å². The number of benzene rings is 2. The molecule has 2 N–H and O–H groups in total. The van der Waals surface area contributed by atoms with Crippen LogP contribution in [0.3, 0.4) is 0 Å². The van der Waals surface area contributed by atoms with Crippen molar-refractivity contribution in [3.8, 4) is 0 Å². The monoisotopic (exact) mass is 420 g/mol. The fourth-order valence-corrected chi connectivity index (χ4v) is 3.63. The Balaban J connectivity index is 1.76. The minimum atomic E-state index is -4.01. The Morgan fingerprint density at radius 1 is 1.14 bits per heavy atom. The Hall–Kier alpha value is -2.94. The summed E-state index contributed by atoms with van der Waals surface area (Å²) in [6.07, 6.45) is 0.818. The van der Waals surface area contributed by atoms with Crippen LogP contribution in [-0.4, -0.2) is 32.4 Å². The lowest BCUT2D eigenvalue weighted by Gasteiger charge is -2.15. The van der Waals surface area contributed by atoms with Crippen LogP contribution in [0.25, 0.3) is 0 Å². The molecule has 29 heavy (non-hydrogen) atoms. The number of halogens is 1. The predicted octanol–water partition coefficient (Wildman–Crippen LogP) is 2.76. The van der Waals surface area contributed by atoms with Crippen molar-refractivity contribution < 1.29 is 27.1 Å². The van der Waals surface area contributed by atoms with E-state index in [0.29, 0.717) is 5.56 Å². The van der Waals surface area contributed by atoms with Crippen molar-refractivity contribution in [3.63, 3.8) is 0 Å². The van der Waals surface area contributed by atoms with Gasteiger partial charge in [-0.05, 0) is 68.7 Å². The molecule has 2 aromatic carbocycles. The van der Waals surface area contributed by atoms with Crippen molar-refractivity contribution in [2.75, 3.05) is 4.72 Å². The van der Waals surface area contributed by atoms with Crippen LogP contribution in [0.4, 0.5) is 10.1 Å². The van der Waals surface area contributed by atoms with Gasteiger partial charge in [0.1, 0.15) is 5.82 Å². The number of rotatable bonds is 7. The van der Waals surface area contributed by atoms with Gasteiger partial charge >= 0.3 is 5.97 Å². The molecule has 9 heteroatoms. The highest BCUT2D eigenvalue weighted by atomic mass is 32.2. The molecule has 0 saturated heterocycles. The first kappa shape index (κ1) is 20.8. The maximum Gasteiger partial charge on any atom is 0.339 e. The van der Waals surface area contributed by atoms with Crippen molar-refractivity contribution in [2.45, 2.75) is 43.7 Å². The third kappa shape index (κ3) is 5.32. The summed E-state index contributed by atoms with van der Waals surface area (Å²) in [5, 5.41) is 2.74. The van der Waals surface area contributed by atoms with Gasteiger partial charge in [0, 0.05) is 11.7 Å². The molecular weight excluding hydrogens is 399 g/mol. The lowest BCUT2D eigenvalue weighted by atomic mass is 10.1. The summed E-state index contributed by atoms with van der Waals surface area (Å²) in [4.78, 5) is 24.3. The minimum absolute atomic E-state index is 0.0399. The number of nitrogens with one attached hydrogen (secondary N) is 2. The third-order valence-electron chi connectivity index (χ3n) is 4.41. The molecule has 1 aliphatic rings. The maximum atomic E-state index is 13.0. The maximum absolute atomic E-state index is 13.0. The lowest BCUT2D eigenvalue weighted by molar-refractivity contribution is -0.129. The minimum Gasteiger partial charge on any atom is -0.449 e. The first-order valence-corrected chi connectivity index (χ1v) is 10.5. The standard InChI is InChI=1S/C20H21FN2O5S/c1-12-3-10-17(29(26,27)23-16-6-4-14(21)5-7-16)11-18(12)20(25)28-13(2)19(24)22-15-8-9-15/h3-7,10-11,13,15,23H,8-9H2,1-2H3,(H,22,24)/t13-/m0/s1. The van der Waals surface area contributed by atoms with E-state index in [1.165, 1.54) is 37.3 Å². The number of hydrogen-bond donors (Lipinski definition) is 2. The van der Waals surface area contributed by atoms with E-state index in [2.05, 4.69) is 10.0 Å². The summed E-state index contributed by atoms with van der Waals surface area (Å²) in [6.45, 7) is 3.09. The van der Waals surface area contributed by atoms with E-state index in [1.54, 1.807) is 6.92 Å². The highest BCUT2D eigenvalue weighted by Crippen LogP contribution is 2.21. The van der Waals surface area contributed by atoms with Gasteiger partial charge in [-0.25, -0.2) is 17.6 Å². The predicted molar refractivity (Wildman–Crippen MR) is 104 cm³/mol. The van der Waals surface area contributed by atoms with Gasteiger partial charge < -0.3 is 10.1 Å². The van der Waals surface area contributed by atoms with Gasteiger partial charge in [-0.1, -0.05) is 6.07 Å². The molecule has 0 aromatic heterocycles. The quantitative estimate of drug-likeness (QED) is 0.671. The van der Waals surface area contributed by atoms with Gasteiger partial charge in [0.05, 0.1) is 10.5 Å². The van der Waals surface area contributed by atoms with Crippen molar-refractivity contribution in [3.05, 3.63) is 59.4 Å². The van der Waals surface area contributed by atoms with E-state index >= 15 is 0 Å². The molecule has 0 aliphatic heterocycles. The van der Waals surface area contributed by atoms with Gasteiger partial charge in [-0.15, -0.1) is 0 Å². The van der Waals surface area contributed by atoms with Crippen LogP contribution in [-0.2, 0) is 19.6 Å². The molecule has 1 atom stereocenters. The van der Waals surface area contributed by atoms with Crippen molar-refractivity contribution >= 4 is 27.6 Å². The fraction of sp³-hybridized carbons (Fsp3) is 0.300. The van der Waals surface area contributed by atoms with E-state index < -0.39 is 27.9 Å². The Morgan fingerprint density at radius 3 is 2.41 bits per heavy atom. The molecule has 1 amide bonds. The Bertz CT molecular complexity index is 1030.